The maximum Gasteiger partial charge on any atom is 0.407 e. The minimum Gasteiger partial charge on any atom is -0.490 e. The third-order valence-electron chi connectivity index (χ3n) is 4.54. The monoisotopic (exact) mass is 332 g/mol. The standard InChI is InChI=1S/C19H28N2O3/c1-5-14-11-15-16(7-6-8-17(15)23-14)21-10-9-13(12-21)20-18(22)24-19(2,3)4/h6-8,13-14H,5,9-12H2,1-4H3,(H,20,22). The van der Waals surface area contributed by atoms with Crippen molar-refractivity contribution in [3.05, 3.63) is 23.8 Å². The van der Waals surface area contributed by atoms with Gasteiger partial charge in [0, 0.05) is 30.8 Å². The fourth-order valence-corrected chi connectivity index (χ4v) is 3.41. The number of nitrogens with one attached hydrogen (secondary N) is 1. The maximum absolute atomic E-state index is 12.0. The van der Waals surface area contributed by atoms with E-state index in [-0.39, 0.29) is 12.1 Å². The van der Waals surface area contributed by atoms with Gasteiger partial charge in [0.05, 0.1) is 6.04 Å². The topological polar surface area (TPSA) is 50.8 Å². The average molecular weight is 332 g/mol. The fourth-order valence-electron chi connectivity index (χ4n) is 3.41. The molecule has 2 unspecified atom stereocenters. The normalized spacial score (nSPS) is 22.9. The second-order valence-electron chi connectivity index (χ2n) is 7.68. The van der Waals surface area contributed by atoms with E-state index in [2.05, 4.69) is 35.3 Å². The maximum atomic E-state index is 12.0. The van der Waals surface area contributed by atoms with E-state index in [4.69, 9.17) is 9.47 Å². The second kappa shape index (κ2) is 6.54. The molecule has 0 radical (unpaired) electrons. The molecule has 0 saturated carbocycles. The third-order valence-corrected chi connectivity index (χ3v) is 4.54. The van der Waals surface area contributed by atoms with Crippen LogP contribution in [-0.2, 0) is 11.2 Å². The summed E-state index contributed by atoms with van der Waals surface area (Å²) in [5.41, 5.74) is 2.09. The zero-order chi connectivity index (χ0) is 17.3. The van der Waals surface area contributed by atoms with Crippen LogP contribution in [0.4, 0.5) is 10.5 Å². The number of hydrogen-bond acceptors (Lipinski definition) is 4. The predicted molar refractivity (Wildman–Crippen MR) is 94.8 cm³/mol. The molecule has 5 nitrogen and oxygen atoms in total. The molecule has 2 atom stereocenters. The zero-order valence-corrected chi connectivity index (χ0v) is 15.1. The molecule has 1 amide bonds. The Kier molecular flexibility index (Phi) is 4.61. The van der Waals surface area contributed by atoms with E-state index in [0.717, 1.165) is 38.1 Å². The largest absolute Gasteiger partial charge is 0.490 e. The van der Waals surface area contributed by atoms with Gasteiger partial charge in [0.25, 0.3) is 0 Å². The lowest BCUT2D eigenvalue weighted by Gasteiger charge is -2.23. The van der Waals surface area contributed by atoms with Crippen molar-refractivity contribution in [3.63, 3.8) is 0 Å². The first-order chi connectivity index (χ1) is 11.4. The van der Waals surface area contributed by atoms with Gasteiger partial charge < -0.3 is 19.7 Å². The van der Waals surface area contributed by atoms with E-state index in [1.807, 2.05) is 20.8 Å². The van der Waals surface area contributed by atoms with Gasteiger partial charge in [-0.25, -0.2) is 4.79 Å². The molecule has 0 spiro atoms. The second-order valence-corrected chi connectivity index (χ2v) is 7.68. The summed E-state index contributed by atoms with van der Waals surface area (Å²) in [6.45, 7) is 9.55. The third kappa shape index (κ3) is 3.77. The first-order valence-corrected chi connectivity index (χ1v) is 8.88. The Labute approximate surface area is 144 Å². The van der Waals surface area contributed by atoms with E-state index in [1.54, 1.807) is 0 Å². The Bertz CT molecular complexity index is 609. The summed E-state index contributed by atoms with van der Waals surface area (Å²) >= 11 is 0. The summed E-state index contributed by atoms with van der Waals surface area (Å²) in [6.07, 6.45) is 2.89. The van der Waals surface area contributed by atoms with E-state index in [1.165, 1.54) is 11.3 Å². The number of alkyl carbamates (subject to hydrolysis) is 1. The van der Waals surface area contributed by atoms with Crippen LogP contribution in [0.25, 0.3) is 0 Å². The van der Waals surface area contributed by atoms with Crippen LogP contribution in [0, 0.1) is 0 Å². The molecular formula is C19H28N2O3. The highest BCUT2D eigenvalue weighted by molar-refractivity contribution is 5.69. The number of amides is 1. The smallest absolute Gasteiger partial charge is 0.407 e. The number of ether oxygens (including phenoxy) is 2. The highest BCUT2D eigenvalue weighted by Crippen LogP contribution is 2.38. The molecule has 132 valence electrons. The SMILES string of the molecule is CCC1Cc2c(cccc2N2CCC(NC(=O)OC(C)(C)C)C2)O1. The molecular weight excluding hydrogens is 304 g/mol. The Morgan fingerprint density at radius 3 is 2.92 bits per heavy atom. The molecule has 1 aromatic carbocycles. The van der Waals surface area contributed by atoms with Crippen LogP contribution in [0.15, 0.2) is 18.2 Å². The minimum atomic E-state index is -0.463. The lowest BCUT2D eigenvalue weighted by molar-refractivity contribution is 0.0509. The van der Waals surface area contributed by atoms with Crippen LogP contribution in [0.3, 0.4) is 0 Å². The van der Waals surface area contributed by atoms with Gasteiger partial charge in [0.15, 0.2) is 0 Å². The number of hydrogen-bond donors (Lipinski definition) is 1. The molecule has 0 aliphatic carbocycles. The van der Waals surface area contributed by atoms with Crippen molar-refractivity contribution in [2.45, 2.75) is 64.7 Å². The Balaban J connectivity index is 1.63. The van der Waals surface area contributed by atoms with Crippen molar-refractivity contribution >= 4 is 11.8 Å². The summed E-state index contributed by atoms with van der Waals surface area (Å²) in [5.74, 6) is 1.02. The van der Waals surface area contributed by atoms with Gasteiger partial charge in [-0.15, -0.1) is 0 Å². The van der Waals surface area contributed by atoms with Crippen LogP contribution in [0.2, 0.25) is 0 Å². The summed E-state index contributed by atoms with van der Waals surface area (Å²) in [5, 5.41) is 2.99. The van der Waals surface area contributed by atoms with Crippen molar-refractivity contribution in [1.29, 1.82) is 0 Å². The first kappa shape index (κ1) is 16.9. The molecule has 1 fully saturated rings. The van der Waals surface area contributed by atoms with E-state index in [0.29, 0.717) is 6.10 Å². The molecule has 3 rings (SSSR count). The fraction of sp³-hybridized carbons (Fsp3) is 0.632. The minimum absolute atomic E-state index is 0.125. The van der Waals surface area contributed by atoms with E-state index >= 15 is 0 Å². The lowest BCUT2D eigenvalue weighted by Crippen LogP contribution is -2.40. The Hall–Kier alpha value is -1.91. The van der Waals surface area contributed by atoms with Gasteiger partial charge in [-0.1, -0.05) is 13.0 Å². The van der Waals surface area contributed by atoms with Crippen molar-refractivity contribution in [2.24, 2.45) is 0 Å². The van der Waals surface area contributed by atoms with Gasteiger partial charge in [-0.2, -0.15) is 0 Å². The first-order valence-electron chi connectivity index (χ1n) is 8.88. The molecule has 0 aromatic heterocycles. The molecule has 2 heterocycles. The van der Waals surface area contributed by atoms with E-state index in [9.17, 15) is 4.79 Å². The highest BCUT2D eigenvalue weighted by Gasteiger charge is 2.30. The van der Waals surface area contributed by atoms with Crippen molar-refractivity contribution < 1.29 is 14.3 Å². The number of carbonyl (C=O) groups excluding carboxylic acids is 1. The van der Waals surface area contributed by atoms with Crippen molar-refractivity contribution in [3.8, 4) is 5.75 Å². The summed E-state index contributed by atoms with van der Waals surface area (Å²) in [4.78, 5) is 14.3. The van der Waals surface area contributed by atoms with Gasteiger partial charge in [-0.05, 0) is 45.7 Å². The number of nitrogens with zero attached hydrogens (tertiary/aromatic N) is 1. The lowest BCUT2D eigenvalue weighted by atomic mass is 10.1. The molecule has 24 heavy (non-hydrogen) atoms. The van der Waals surface area contributed by atoms with Gasteiger partial charge in [-0.3, -0.25) is 0 Å². The molecule has 1 saturated heterocycles. The van der Waals surface area contributed by atoms with Crippen molar-refractivity contribution in [1.82, 2.24) is 5.32 Å². The number of benzene rings is 1. The van der Waals surface area contributed by atoms with Crippen LogP contribution >= 0.6 is 0 Å². The zero-order valence-electron chi connectivity index (χ0n) is 15.1. The molecule has 5 heteroatoms. The van der Waals surface area contributed by atoms with Gasteiger partial charge in [0.1, 0.15) is 17.5 Å². The summed E-state index contributed by atoms with van der Waals surface area (Å²) < 4.78 is 11.3. The Morgan fingerprint density at radius 1 is 1.42 bits per heavy atom. The van der Waals surface area contributed by atoms with Gasteiger partial charge in [0.2, 0.25) is 0 Å². The summed E-state index contributed by atoms with van der Waals surface area (Å²) in [7, 11) is 0. The number of fused-ring (bicyclic) bond motifs is 1. The Morgan fingerprint density at radius 2 is 2.21 bits per heavy atom. The van der Waals surface area contributed by atoms with Crippen LogP contribution in [0.5, 0.6) is 5.75 Å². The molecule has 0 bridgehead atoms. The van der Waals surface area contributed by atoms with E-state index < -0.39 is 5.60 Å². The molecule has 2 aliphatic heterocycles. The predicted octanol–water partition coefficient (Wildman–Crippen LogP) is 3.50. The molecule has 1 N–H and O–H groups in total. The number of anilines is 1. The van der Waals surface area contributed by atoms with Crippen LogP contribution < -0.4 is 15.0 Å². The molecule has 1 aromatic rings. The van der Waals surface area contributed by atoms with Gasteiger partial charge >= 0.3 is 6.09 Å². The van der Waals surface area contributed by atoms with Crippen LogP contribution in [0.1, 0.15) is 46.1 Å². The van der Waals surface area contributed by atoms with Crippen molar-refractivity contribution in [2.75, 3.05) is 18.0 Å². The summed E-state index contributed by atoms with van der Waals surface area (Å²) in [6, 6.07) is 6.40. The number of rotatable bonds is 3. The van der Waals surface area contributed by atoms with Crippen LogP contribution in [-0.4, -0.2) is 36.9 Å². The molecule has 2 aliphatic rings. The quantitative estimate of drug-likeness (QED) is 0.920. The highest BCUT2D eigenvalue weighted by atomic mass is 16.6. The average Bonchev–Trinajstić information content (AvgIpc) is 3.10. The number of carbonyl (C=O) groups is 1.